The molecule has 2 rings (SSSR count). The van der Waals surface area contributed by atoms with Crippen molar-refractivity contribution in [3.05, 3.63) is 58.3 Å². The van der Waals surface area contributed by atoms with E-state index in [9.17, 15) is 13.6 Å². The van der Waals surface area contributed by atoms with Crippen LogP contribution in [0.5, 0.6) is 0 Å². The molecule has 0 bridgehead atoms. The summed E-state index contributed by atoms with van der Waals surface area (Å²) in [6.45, 7) is 0. The normalized spacial score (nSPS) is 10.2. The van der Waals surface area contributed by atoms with Crippen LogP contribution in [0.25, 0.3) is 0 Å². The fourth-order valence-corrected chi connectivity index (χ4v) is 1.79. The van der Waals surface area contributed by atoms with Crippen molar-refractivity contribution in [3.63, 3.8) is 0 Å². The Kier molecular flexibility index (Phi) is 3.66. The fraction of sp³-hybridized carbons (Fsp3) is 0. The van der Waals surface area contributed by atoms with E-state index >= 15 is 0 Å². The number of nitrogens with one attached hydrogen (secondary N) is 1. The fourth-order valence-electron chi connectivity index (χ4n) is 1.34. The Bertz CT molecular complexity index is 604. The van der Waals surface area contributed by atoms with Gasteiger partial charge in [0.2, 0.25) is 5.95 Å². The number of anilines is 1. The van der Waals surface area contributed by atoms with Crippen molar-refractivity contribution in [2.75, 3.05) is 5.32 Å². The maximum Gasteiger partial charge on any atom is 0.260 e. The SMILES string of the molecule is O=C(Nc1ccc(F)cc1Br)c1cccnc1F. The highest BCUT2D eigenvalue weighted by molar-refractivity contribution is 9.10. The van der Waals surface area contributed by atoms with Crippen molar-refractivity contribution in [2.24, 2.45) is 0 Å². The second-order valence-corrected chi connectivity index (χ2v) is 4.27. The average molecular weight is 313 g/mol. The molecule has 0 aliphatic rings. The molecule has 0 aliphatic heterocycles. The summed E-state index contributed by atoms with van der Waals surface area (Å²) >= 11 is 3.10. The minimum absolute atomic E-state index is 0.172. The van der Waals surface area contributed by atoms with Crippen LogP contribution in [0, 0.1) is 11.8 Å². The summed E-state index contributed by atoms with van der Waals surface area (Å²) < 4.78 is 26.5. The summed E-state index contributed by atoms with van der Waals surface area (Å²) in [5, 5.41) is 2.46. The number of rotatable bonds is 2. The molecule has 18 heavy (non-hydrogen) atoms. The van der Waals surface area contributed by atoms with Crippen molar-refractivity contribution in [2.45, 2.75) is 0 Å². The predicted octanol–water partition coefficient (Wildman–Crippen LogP) is 3.37. The number of hydrogen-bond acceptors (Lipinski definition) is 2. The smallest absolute Gasteiger partial charge is 0.260 e. The van der Waals surface area contributed by atoms with Gasteiger partial charge in [0.25, 0.3) is 5.91 Å². The number of halogens is 3. The quantitative estimate of drug-likeness (QED) is 0.864. The van der Waals surface area contributed by atoms with Crippen molar-refractivity contribution in [1.82, 2.24) is 4.98 Å². The van der Waals surface area contributed by atoms with Gasteiger partial charge in [0.05, 0.1) is 11.3 Å². The molecule has 2 aromatic rings. The second-order valence-electron chi connectivity index (χ2n) is 3.42. The molecular formula is C12H7BrF2N2O. The highest BCUT2D eigenvalue weighted by Gasteiger charge is 2.13. The molecule has 0 aliphatic carbocycles. The molecule has 1 aromatic carbocycles. The van der Waals surface area contributed by atoms with Gasteiger partial charge in [0, 0.05) is 10.7 Å². The third-order valence-corrected chi connectivity index (χ3v) is 2.84. The van der Waals surface area contributed by atoms with Crippen LogP contribution in [-0.4, -0.2) is 10.9 Å². The molecule has 0 radical (unpaired) electrons. The summed E-state index contributed by atoms with van der Waals surface area (Å²) in [7, 11) is 0. The Morgan fingerprint density at radius 3 is 2.72 bits per heavy atom. The molecule has 3 nitrogen and oxygen atoms in total. The van der Waals surface area contributed by atoms with Crippen molar-refractivity contribution in [1.29, 1.82) is 0 Å². The molecule has 1 N–H and O–H groups in total. The molecule has 6 heteroatoms. The van der Waals surface area contributed by atoms with Crippen LogP contribution in [0.4, 0.5) is 14.5 Å². The van der Waals surface area contributed by atoms with Gasteiger partial charge in [0.15, 0.2) is 0 Å². The van der Waals surface area contributed by atoms with Gasteiger partial charge >= 0.3 is 0 Å². The van der Waals surface area contributed by atoms with Crippen LogP contribution in [-0.2, 0) is 0 Å². The Morgan fingerprint density at radius 2 is 2.06 bits per heavy atom. The first-order valence-corrected chi connectivity index (χ1v) is 5.74. The molecule has 0 unspecified atom stereocenters. The third-order valence-electron chi connectivity index (χ3n) is 2.18. The zero-order valence-corrected chi connectivity index (χ0v) is 10.5. The molecule has 0 saturated heterocycles. The van der Waals surface area contributed by atoms with Gasteiger partial charge < -0.3 is 5.32 Å². The van der Waals surface area contributed by atoms with Gasteiger partial charge in [-0.15, -0.1) is 0 Å². The standard InChI is InChI=1S/C12H7BrF2N2O/c13-9-6-7(14)3-4-10(9)17-12(18)8-2-1-5-16-11(8)15/h1-6H,(H,17,18). The van der Waals surface area contributed by atoms with Crippen LogP contribution in [0.2, 0.25) is 0 Å². The zero-order chi connectivity index (χ0) is 13.1. The van der Waals surface area contributed by atoms with Crippen molar-refractivity contribution < 1.29 is 13.6 Å². The van der Waals surface area contributed by atoms with Gasteiger partial charge in [0.1, 0.15) is 5.82 Å². The average Bonchev–Trinajstić information content (AvgIpc) is 2.33. The van der Waals surface area contributed by atoms with Crippen molar-refractivity contribution in [3.8, 4) is 0 Å². The number of nitrogens with zero attached hydrogens (tertiary/aromatic N) is 1. The van der Waals surface area contributed by atoms with E-state index in [1.165, 1.54) is 36.5 Å². The summed E-state index contributed by atoms with van der Waals surface area (Å²) in [6.07, 6.45) is 1.25. The van der Waals surface area contributed by atoms with Crippen LogP contribution in [0.1, 0.15) is 10.4 Å². The van der Waals surface area contributed by atoms with E-state index in [0.717, 1.165) is 0 Å². The van der Waals surface area contributed by atoms with Crippen LogP contribution in [0.15, 0.2) is 41.0 Å². The van der Waals surface area contributed by atoms with Gasteiger partial charge in [-0.25, -0.2) is 9.37 Å². The largest absolute Gasteiger partial charge is 0.321 e. The molecule has 0 spiro atoms. The first-order chi connectivity index (χ1) is 8.58. The molecule has 1 aromatic heterocycles. The molecule has 92 valence electrons. The van der Waals surface area contributed by atoms with Crippen LogP contribution >= 0.6 is 15.9 Å². The van der Waals surface area contributed by atoms with E-state index in [2.05, 4.69) is 26.2 Å². The Balaban J connectivity index is 2.24. The number of pyridine rings is 1. The van der Waals surface area contributed by atoms with Crippen LogP contribution in [0.3, 0.4) is 0 Å². The molecule has 0 fully saturated rings. The third kappa shape index (κ3) is 2.70. The second kappa shape index (κ2) is 5.22. The lowest BCUT2D eigenvalue weighted by Crippen LogP contribution is -2.14. The highest BCUT2D eigenvalue weighted by atomic mass is 79.9. The monoisotopic (exact) mass is 312 g/mol. The molecule has 1 amide bonds. The van der Waals surface area contributed by atoms with Gasteiger partial charge in [-0.2, -0.15) is 4.39 Å². The Hall–Kier alpha value is -1.82. The summed E-state index contributed by atoms with van der Waals surface area (Å²) in [4.78, 5) is 15.1. The van der Waals surface area contributed by atoms with Gasteiger partial charge in [-0.05, 0) is 46.3 Å². The summed E-state index contributed by atoms with van der Waals surface area (Å²) in [5.74, 6) is -1.94. The van der Waals surface area contributed by atoms with Crippen LogP contribution < -0.4 is 5.32 Å². The molecule has 0 saturated carbocycles. The van der Waals surface area contributed by atoms with E-state index in [4.69, 9.17) is 0 Å². The lowest BCUT2D eigenvalue weighted by Gasteiger charge is -2.07. The van der Waals surface area contributed by atoms with E-state index in [1.807, 2.05) is 0 Å². The number of carbonyl (C=O) groups excluding carboxylic acids is 1. The Morgan fingerprint density at radius 1 is 1.28 bits per heavy atom. The van der Waals surface area contributed by atoms with E-state index in [-0.39, 0.29) is 5.56 Å². The minimum Gasteiger partial charge on any atom is -0.321 e. The molecule has 0 atom stereocenters. The topological polar surface area (TPSA) is 42.0 Å². The first-order valence-electron chi connectivity index (χ1n) is 4.95. The van der Waals surface area contributed by atoms with Gasteiger partial charge in [-0.1, -0.05) is 0 Å². The minimum atomic E-state index is -0.853. The number of benzene rings is 1. The summed E-state index contributed by atoms with van der Waals surface area (Å²) in [5.41, 5.74) is 0.179. The number of amides is 1. The maximum atomic E-state index is 13.3. The maximum absolute atomic E-state index is 13.3. The van der Waals surface area contributed by atoms with E-state index < -0.39 is 17.7 Å². The Labute approximate surface area is 110 Å². The van der Waals surface area contributed by atoms with E-state index in [1.54, 1.807) is 0 Å². The summed E-state index contributed by atoms with van der Waals surface area (Å²) in [6, 6.07) is 6.55. The lowest BCUT2D eigenvalue weighted by atomic mass is 10.2. The first kappa shape index (κ1) is 12.6. The number of carbonyl (C=O) groups is 1. The van der Waals surface area contributed by atoms with Crippen molar-refractivity contribution >= 4 is 27.5 Å². The number of hydrogen-bond donors (Lipinski definition) is 1. The zero-order valence-electron chi connectivity index (χ0n) is 8.95. The molecule has 1 heterocycles. The van der Waals surface area contributed by atoms with E-state index in [0.29, 0.717) is 10.2 Å². The number of aromatic nitrogens is 1. The highest BCUT2D eigenvalue weighted by Crippen LogP contribution is 2.23. The lowest BCUT2D eigenvalue weighted by molar-refractivity contribution is 0.102. The van der Waals surface area contributed by atoms with Gasteiger partial charge in [-0.3, -0.25) is 4.79 Å². The molecular weight excluding hydrogens is 306 g/mol. The predicted molar refractivity (Wildman–Crippen MR) is 66.2 cm³/mol.